The molecule has 0 aliphatic heterocycles. The maximum atomic E-state index is 15.5. The van der Waals surface area contributed by atoms with Gasteiger partial charge in [0.15, 0.2) is 23.2 Å². The van der Waals surface area contributed by atoms with E-state index < -0.39 is 23.3 Å². The molecule has 0 saturated heterocycles. The van der Waals surface area contributed by atoms with Gasteiger partial charge in [-0.1, -0.05) is 121 Å². The van der Waals surface area contributed by atoms with E-state index in [1.807, 2.05) is 0 Å². The van der Waals surface area contributed by atoms with E-state index >= 15 is 13.2 Å². The van der Waals surface area contributed by atoms with Gasteiger partial charge in [-0.3, -0.25) is 0 Å². The molecule has 47 heavy (non-hydrogen) atoms. The Morgan fingerprint density at radius 2 is 1.15 bits per heavy atom. The minimum absolute atomic E-state index is 0.0929. The van der Waals surface area contributed by atoms with E-state index in [2.05, 4.69) is 19.9 Å². The van der Waals surface area contributed by atoms with Gasteiger partial charge in [0.25, 0.3) is 0 Å². The Bertz CT molecular complexity index is 1470. The molecule has 1 fully saturated rings. The van der Waals surface area contributed by atoms with Crippen LogP contribution in [0.1, 0.15) is 122 Å². The van der Waals surface area contributed by atoms with E-state index in [-0.39, 0.29) is 16.9 Å². The van der Waals surface area contributed by atoms with E-state index in [4.69, 9.17) is 4.74 Å². The van der Waals surface area contributed by atoms with Crippen molar-refractivity contribution in [2.45, 2.75) is 117 Å². The number of hydrogen-bond acceptors (Lipinski definition) is 1. The lowest BCUT2D eigenvalue weighted by atomic mass is 9.70. The first-order valence-electron chi connectivity index (χ1n) is 18.3. The molecule has 1 atom stereocenters. The Kier molecular flexibility index (Phi) is 13.0. The molecule has 0 heterocycles. The summed E-state index contributed by atoms with van der Waals surface area (Å²) in [4.78, 5) is 0. The zero-order valence-electron chi connectivity index (χ0n) is 28.4. The molecule has 0 amide bonds. The van der Waals surface area contributed by atoms with Gasteiger partial charge in [-0.25, -0.2) is 13.2 Å². The molecule has 0 spiro atoms. The fraction of sp³-hybridized carbons (Fsp3) is 0.524. The molecule has 0 radical (unpaired) electrons. The van der Waals surface area contributed by atoms with Crippen LogP contribution in [0.5, 0.6) is 5.75 Å². The molecule has 2 aliphatic carbocycles. The molecule has 1 saturated carbocycles. The Hall–Kier alpha value is -3.08. The Morgan fingerprint density at radius 1 is 0.574 bits per heavy atom. The van der Waals surface area contributed by atoms with Crippen molar-refractivity contribution in [2.24, 2.45) is 17.8 Å². The van der Waals surface area contributed by atoms with E-state index in [1.54, 1.807) is 36.4 Å². The highest BCUT2D eigenvalue weighted by molar-refractivity contribution is 5.74. The van der Waals surface area contributed by atoms with Crippen LogP contribution in [-0.4, -0.2) is 6.61 Å². The second-order valence-corrected chi connectivity index (χ2v) is 13.9. The molecule has 254 valence electrons. The van der Waals surface area contributed by atoms with Crippen molar-refractivity contribution < 1.29 is 22.3 Å². The third kappa shape index (κ3) is 8.89. The highest BCUT2D eigenvalue weighted by atomic mass is 19.2. The predicted octanol–water partition coefficient (Wildman–Crippen LogP) is 13.5. The SMILES string of the molecule is CCCCCCCCCOc1ccc(-c2ccc(-c3ccc(C4=CCC(C5CCC(CCC)CC5)CC4)c(F)c3F)cc2)c(F)c1F. The van der Waals surface area contributed by atoms with Crippen LogP contribution in [0, 0.1) is 41.0 Å². The molecule has 0 N–H and O–H groups in total. The highest BCUT2D eigenvalue weighted by Crippen LogP contribution is 2.43. The average molecular weight is 649 g/mol. The number of ether oxygens (including phenoxy) is 1. The summed E-state index contributed by atoms with van der Waals surface area (Å²) in [6.07, 6.45) is 20.6. The summed E-state index contributed by atoms with van der Waals surface area (Å²) in [7, 11) is 0. The lowest BCUT2D eigenvalue weighted by molar-refractivity contribution is 0.189. The monoisotopic (exact) mass is 648 g/mol. The number of rotatable bonds is 15. The van der Waals surface area contributed by atoms with Gasteiger partial charge in [0.2, 0.25) is 5.82 Å². The lowest BCUT2D eigenvalue weighted by Crippen LogP contribution is -2.23. The van der Waals surface area contributed by atoms with E-state index in [0.29, 0.717) is 29.2 Å². The number of benzene rings is 3. The molecule has 5 heteroatoms. The summed E-state index contributed by atoms with van der Waals surface area (Å²) >= 11 is 0. The summed E-state index contributed by atoms with van der Waals surface area (Å²) in [5.74, 6) is -1.51. The third-order valence-electron chi connectivity index (χ3n) is 10.7. The summed E-state index contributed by atoms with van der Waals surface area (Å²) in [6, 6.07) is 12.7. The van der Waals surface area contributed by atoms with Crippen LogP contribution in [0.4, 0.5) is 17.6 Å². The quantitative estimate of drug-likeness (QED) is 0.118. The fourth-order valence-corrected chi connectivity index (χ4v) is 7.84. The molecule has 5 rings (SSSR count). The number of unbranched alkanes of at least 4 members (excludes halogenated alkanes) is 6. The van der Waals surface area contributed by atoms with Gasteiger partial charge in [0, 0.05) is 16.7 Å². The first-order valence-corrected chi connectivity index (χ1v) is 18.3. The Balaban J connectivity index is 1.19. The van der Waals surface area contributed by atoms with Gasteiger partial charge < -0.3 is 4.74 Å². The van der Waals surface area contributed by atoms with Crippen LogP contribution < -0.4 is 4.74 Å². The molecule has 3 aromatic rings. The second kappa shape index (κ2) is 17.4. The number of hydrogen-bond donors (Lipinski definition) is 0. The first kappa shape index (κ1) is 35.2. The molecule has 1 unspecified atom stereocenters. The molecular formula is C42H52F4O. The van der Waals surface area contributed by atoms with Gasteiger partial charge in [-0.05, 0) is 85.1 Å². The zero-order valence-corrected chi connectivity index (χ0v) is 28.4. The van der Waals surface area contributed by atoms with E-state index in [9.17, 15) is 4.39 Å². The van der Waals surface area contributed by atoms with Crippen molar-refractivity contribution >= 4 is 5.57 Å². The third-order valence-corrected chi connectivity index (χ3v) is 10.7. The Morgan fingerprint density at radius 3 is 1.77 bits per heavy atom. The molecule has 0 bridgehead atoms. The summed E-state index contributed by atoms with van der Waals surface area (Å²) in [5, 5.41) is 0. The molecule has 0 aromatic heterocycles. The van der Waals surface area contributed by atoms with Crippen LogP contribution in [0.3, 0.4) is 0 Å². The summed E-state index contributed by atoms with van der Waals surface area (Å²) in [6.45, 7) is 4.80. The van der Waals surface area contributed by atoms with Crippen molar-refractivity contribution in [1.82, 2.24) is 0 Å². The van der Waals surface area contributed by atoms with Gasteiger partial charge in [-0.2, -0.15) is 4.39 Å². The molecular weight excluding hydrogens is 596 g/mol. The standard InChI is InChI=1S/C42H52F4O/c1-3-5-6-7-8-9-10-28-47-38-27-26-37(41(45)42(38)46)34-22-20-33(21-23-34)36-25-24-35(39(43)40(36)44)32-18-16-31(17-19-32)30-14-12-29(11-4-2)13-15-30/h18,20-27,29-31H,3-17,19,28H2,1-2H3. The number of allylic oxidation sites excluding steroid dienone is 2. The van der Waals surface area contributed by atoms with Crippen molar-refractivity contribution in [3.05, 3.63) is 83.4 Å². The first-order chi connectivity index (χ1) is 22.9. The summed E-state index contributed by atoms with van der Waals surface area (Å²) in [5.41, 5.74) is 2.41. The van der Waals surface area contributed by atoms with Crippen LogP contribution in [0.2, 0.25) is 0 Å². The number of halogens is 4. The molecule has 3 aromatic carbocycles. The summed E-state index contributed by atoms with van der Waals surface area (Å²) < 4.78 is 66.4. The van der Waals surface area contributed by atoms with Crippen molar-refractivity contribution in [2.75, 3.05) is 6.61 Å². The minimum atomic E-state index is -1.01. The maximum Gasteiger partial charge on any atom is 0.201 e. The van der Waals surface area contributed by atoms with Crippen LogP contribution in [0.15, 0.2) is 54.6 Å². The average Bonchev–Trinajstić information content (AvgIpc) is 3.10. The normalized spacial score (nSPS) is 19.9. The fourth-order valence-electron chi connectivity index (χ4n) is 7.84. The Labute approximate surface area is 279 Å². The smallest absolute Gasteiger partial charge is 0.201 e. The van der Waals surface area contributed by atoms with Gasteiger partial charge in [-0.15, -0.1) is 0 Å². The van der Waals surface area contributed by atoms with Gasteiger partial charge >= 0.3 is 0 Å². The van der Waals surface area contributed by atoms with Crippen molar-refractivity contribution in [3.63, 3.8) is 0 Å². The van der Waals surface area contributed by atoms with Crippen LogP contribution in [-0.2, 0) is 0 Å². The van der Waals surface area contributed by atoms with Crippen LogP contribution >= 0.6 is 0 Å². The van der Waals surface area contributed by atoms with E-state index in [1.165, 1.54) is 76.3 Å². The van der Waals surface area contributed by atoms with Gasteiger partial charge in [0.1, 0.15) is 0 Å². The predicted molar refractivity (Wildman–Crippen MR) is 186 cm³/mol. The van der Waals surface area contributed by atoms with Crippen molar-refractivity contribution in [3.8, 4) is 28.0 Å². The highest BCUT2D eigenvalue weighted by Gasteiger charge is 2.29. The van der Waals surface area contributed by atoms with Crippen LogP contribution in [0.25, 0.3) is 27.8 Å². The maximum absolute atomic E-state index is 15.5. The van der Waals surface area contributed by atoms with E-state index in [0.717, 1.165) is 55.9 Å². The second-order valence-electron chi connectivity index (χ2n) is 13.9. The lowest BCUT2D eigenvalue weighted by Gasteiger charge is -2.35. The molecule has 1 nitrogen and oxygen atoms in total. The topological polar surface area (TPSA) is 9.23 Å². The minimum Gasteiger partial charge on any atom is -0.490 e. The zero-order chi connectivity index (χ0) is 33.2. The molecule has 2 aliphatic rings. The largest absolute Gasteiger partial charge is 0.490 e. The van der Waals surface area contributed by atoms with Crippen molar-refractivity contribution in [1.29, 1.82) is 0 Å². The van der Waals surface area contributed by atoms with Gasteiger partial charge in [0.05, 0.1) is 6.61 Å².